The maximum absolute atomic E-state index is 12.3. The van der Waals surface area contributed by atoms with E-state index in [4.69, 9.17) is 0 Å². The summed E-state index contributed by atoms with van der Waals surface area (Å²) >= 11 is -0.275. The van der Waals surface area contributed by atoms with E-state index in [9.17, 15) is 9.00 Å². The molecule has 0 N–H and O–H groups in total. The van der Waals surface area contributed by atoms with Gasteiger partial charge in [0.15, 0.2) is 0 Å². The summed E-state index contributed by atoms with van der Waals surface area (Å²) in [5.74, 6) is 0. The van der Waals surface area contributed by atoms with Crippen molar-refractivity contribution in [1.29, 1.82) is 0 Å². The quantitative estimate of drug-likeness (QED) is 0.799. The average Bonchev–Trinajstić information content (AvgIpc) is 2.41. The molecule has 0 aliphatic heterocycles. The normalized spacial score (nSPS) is 12.1. The van der Waals surface area contributed by atoms with Crippen molar-refractivity contribution in [3.05, 3.63) is 59.7 Å². The van der Waals surface area contributed by atoms with E-state index in [1.165, 1.54) is 5.56 Å². The second-order valence-electron chi connectivity index (χ2n) is 4.15. The van der Waals surface area contributed by atoms with Gasteiger partial charge in [0.25, 0.3) is 0 Å². The molecule has 0 saturated carbocycles. The molecule has 0 saturated heterocycles. The molecule has 2 rings (SSSR count). The van der Waals surface area contributed by atoms with Crippen LogP contribution in [-0.4, -0.2) is 30.1 Å². The summed E-state index contributed by atoms with van der Waals surface area (Å²) in [5.41, 5.74) is 1.77. The van der Waals surface area contributed by atoms with Crippen molar-refractivity contribution in [3.8, 4) is 0 Å². The zero-order valence-corrected chi connectivity index (χ0v) is 13.3. The van der Waals surface area contributed by atoms with Gasteiger partial charge in [-0.25, -0.2) is 0 Å². The maximum atomic E-state index is 12.3. The van der Waals surface area contributed by atoms with Gasteiger partial charge in [-0.05, 0) is 0 Å². The molecule has 0 heterocycles. The molecule has 0 amide bonds. The van der Waals surface area contributed by atoms with Crippen LogP contribution in [-0.2, 0) is 10.8 Å². The van der Waals surface area contributed by atoms with Crippen LogP contribution < -0.4 is 4.46 Å². The zero-order chi connectivity index (χ0) is 13.8. The molecule has 19 heavy (non-hydrogen) atoms. The molecular formula is C15H14O2SSe. The third-order valence-electron chi connectivity index (χ3n) is 2.65. The Morgan fingerprint density at radius 3 is 2.32 bits per heavy atom. The van der Waals surface area contributed by atoms with Gasteiger partial charge >= 0.3 is 122 Å². The van der Waals surface area contributed by atoms with Gasteiger partial charge in [0.1, 0.15) is 0 Å². The van der Waals surface area contributed by atoms with Gasteiger partial charge in [0, 0.05) is 0 Å². The summed E-state index contributed by atoms with van der Waals surface area (Å²) in [6.07, 6.45) is 1.60. The fraction of sp³-hybridized carbons (Fsp3) is 0.133. The molecule has 0 spiro atoms. The third-order valence-corrected chi connectivity index (χ3v) is 5.54. The Kier molecular flexibility index (Phi) is 4.70. The minimum atomic E-state index is -1.13. The van der Waals surface area contributed by atoms with Crippen LogP contribution in [0.4, 0.5) is 0 Å². The van der Waals surface area contributed by atoms with Gasteiger partial charge < -0.3 is 0 Å². The summed E-state index contributed by atoms with van der Waals surface area (Å²) < 4.78 is 12.7. The number of rotatable bonds is 4. The fourth-order valence-corrected chi connectivity index (χ4v) is 4.17. The van der Waals surface area contributed by atoms with Crippen LogP contribution in [0.2, 0.25) is 0 Å². The van der Waals surface area contributed by atoms with Crippen LogP contribution in [0.3, 0.4) is 0 Å². The molecule has 0 aliphatic carbocycles. The second-order valence-corrected chi connectivity index (χ2v) is 7.70. The van der Waals surface area contributed by atoms with E-state index < -0.39 is 10.8 Å². The van der Waals surface area contributed by atoms with E-state index in [0.29, 0.717) is 10.5 Å². The Balaban J connectivity index is 2.25. The van der Waals surface area contributed by atoms with Crippen LogP contribution in [0.5, 0.6) is 0 Å². The topological polar surface area (TPSA) is 34.1 Å². The monoisotopic (exact) mass is 338 g/mol. The van der Waals surface area contributed by atoms with Gasteiger partial charge in [0.2, 0.25) is 0 Å². The van der Waals surface area contributed by atoms with Crippen LogP contribution in [0.15, 0.2) is 53.4 Å². The molecule has 98 valence electrons. The van der Waals surface area contributed by atoms with Gasteiger partial charge in [-0.15, -0.1) is 0 Å². The SMILES string of the molecule is Cc1ccc([Se]C(=O)c2ccccc2S(C)=O)cc1. The predicted octanol–water partition coefficient (Wildman–Crippen LogP) is 1.90. The first-order valence-corrected chi connectivity index (χ1v) is 9.06. The molecular weight excluding hydrogens is 323 g/mol. The van der Waals surface area contributed by atoms with Crippen molar-refractivity contribution in [2.24, 2.45) is 0 Å². The van der Waals surface area contributed by atoms with Crippen molar-refractivity contribution in [1.82, 2.24) is 0 Å². The molecule has 0 radical (unpaired) electrons. The predicted molar refractivity (Wildman–Crippen MR) is 79.7 cm³/mol. The number of carbonyl (C=O) groups excluding carboxylic acids is 1. The van der Waals surface area contributed by atoms with Gasteiger partial charge in [0.05, 0.1) is 0 Å². The van der Waals surface area contributed by atoms with Crippen molar-refractivity contribution in [2.75, 3.05) is 6.26 Å². The molecule has 0 bridgehead atoms. The Labute approximate surface area is 121 Å². The van der Waals surface area contributed by atoms with E-state index >= 15 is 0 Å². The van der Waals surface area contributed by atoms with Crippen LogP contribution >= 0.6 is 0 Å². The van der Waals surface area contributed by atoms with E-state index in [2.05, 4.69) is 0 Å². The van der Waals surface area contributed by atoms with Crippen molar-refractivity contribution >= 4 is 34.9 Å². The molecule has 2 aromatic rings. The molecule has 0 aliphatic rings. The first-order chi connectivity index (χ1) is 9.08. The molecule has 2 aromatic carbocycles. The van der Waals surface area contributed by atoms with E-state index in [-0.39, 0.29) is 19.6 Å². The summed E-state index contributed by atoms with van der Waals surface area (Å²) in [6.45, 7) is 2.02. The van der Waals surface area contributed by atoms with Crippen LogP contribution in [0.1, 0.15) is 15.9 Å². The second kappa shape index (κ2) is 6.29. The van der Waals surface area contributed by atoms with Crippen molar-refractivity contribution < 1.29 is 9.00 Å². The number of hydrogen-bond donors (Lipinski definition) is 0. The van der Waals surface area contributed by atoms with Crippen molar-refractivity contribution in [3.63, 3.8) is 0 Å². The van der Waals surface area contributed by atoms with Gasteiger partial charge in [-0.1, -0.05) is 0 Å². The van der Waals surface area contributed by atoms with E-state index in [1.807, 2.05) is 43.3 Å². The molecule has 2 nitrogen and oxygen atoms in total. The Morgan fingerprint density at radius 1 is 1.05 bits per heavy atom. The molecule has 0 aromatic heterocycles. The Hall–Kier alpha value is -1.22. The van der Waals surface area contributed by atoms with Crippen LogP contribution in [0, 0.1) is 6.92 Å². The number of carbonyl (C=O) groups is 1. The number of hydrogen-bond acceptors (Lipinski definition) is 2. The van der Waals surface area contributed by atoms with E-state index in [0.717, 1.165) is 4.46 Å². The number of benzene rings is 2. The van der Waals surface area contributed by atoms with Crippen molar-refractivity contribution in [2.45, 2.75) is 11.8 Å². The first-order valence-electron chi connectivity index (χ1n) is 5.79. The first kappa shape index (κ1) is 14.2. The summed E-state index contributed by atoms with van der Waals surface area (Å²) in [5, 5.41) is 0. The summed E-state index contributed by atoms with van der Waals surface area (Å²) in [7, 11) is -1.13. The summed E-state index contributed by atoms with van der Waals surface area (Å²) in [4.78, 5) is 12.9. The Bertz CT molecular complexity index is 620. The average molecular weight is 337 g/mol. The third kappa shape index (κ3) is 3.63. The van der Waals surface area contributed by atoms with Crippen LogP contribution in [0.25, 0.3) is 0 Å². The number of aryl methyl sites for hydroxylation is 1. The standard InChI is InChI=1S/C15H14O2SSe/c1-11-7-9-12(10-8-11)19-15(16)13-5-3-4-6-14(13)18(2)17/h3-10H,1-2H3. The van der Waals surface area contributed by atoms with Gasteiger partial charge in [-0.2, -0.15) is 0 Å². The fourth-order valence-electron chi connectivity index (χ4n) is 1.65. The van der Waals surface area contributed by atoms with E-state index in [1.54, 1.807) is 18.4 Å². The van der Waals surface area contributed by atoms with Gasteiger partial charge in [-0.3, -0.25) is 0 Å². The zero-order valence-electron chi connectivity index (χ0n) is 10.8. The molecule has 1 unspecified atom stereocenters. The molecule has 0 fully saturated rings. The summed E-state index contributed by atoms with van der Waals surface area (Å²) in [6, 6.07) is 15.1. The molecule has 1 atom stereocenters. The molecule has 4 heteroatoms. The Morgan fingerprint density at radius 2 is 1.68 bits per heavy atom. The minimum absolute atomic E-state index is 0.0714.